The molecule has 0 bridgehead atoms. The predicted octanol–water partition coefficient (Wildman–Crippen LogP) is 1.59. The van der Waals surface area contributed by atoms with Gasteiger partial charge in [0, 0.05) is 33.9 Å². The first-order valence-electron chi connectivity index (χ1n) is 6.05. The zero-order chi connectivity index (χ0) is 15.4. The Morgan fingerprint density at radius 1 is 1.40 bits per heavy atom. The second kappa shape index (κ2) is 6.56. The van der Waals surface area contributed by atoms with Crippen molar-refractivity contribution >= 4 is 29.3 Å². The number of hydrogen-bond donors (Lipinski definition) is 1. The molecule has 0 aliphatic heterocycles. The highest BCUT2D eigenvalue weighted by Crippen LogP contribution is 2.24. The van der Waals surface area contributed by atoms with Crippen LogP contribution in [0.3, 0.4) is 0 Å². The fourth-order valence-corrected chi connectivity index (χ4v) is 1.97. The van der Waals surface area contributed by atoms with Crippen LogP contribution in [0.15, 0.2) is 12.3 Å². The van der Waals surface area contributed by atoms with Crippen LogP contribution in [0, 0.1) is 5.92 Å². The van der Waals surface area contributed by atoms with E-state index in [1.165, 1.54) is 17.2 Å². The molecule has 0 saturated carbocycles. The summed E-state index contributed by atoms with van der Waals surface area (Å²) >= 11 is 6.11. The van der Waals surface area contributed by atoms with E-state index < -0.39 is 11.9 Å². The molecule has 0 aliphatic carbocycles. The van der Waals surface area contributed by atoms with Gasteiger partial charge >= 0.3 is 5.97 Å². The minimum Gasteiger partial charge on any atom is -0.481 e. The van der Waals surface area contributed by atoms with Gasteiger partial charge in [0.15, 0.2) is 0 Å². The molecule has 1 N–H and O–H groups in total. The van der Waals surface area contributed by atoms with Gasteiger partial charge in [-0.15, -0.1) is 0 Å². The molecule has 1 aromatic rings. The zero-order valence-corrected chi connectivity index (χ0v) is 12.7. The van der Waals surface area contributed by atoms with Crippen LogP contribution in [0.25, 0.3) is 0 Å². The molecule has 1 atom stereocenters. The van der Waals surface area contributed by atoms with E-state index in [9.17, 15) is 9.59 Å². The number of nitrogens with zero attached hydrogens (tertiary/aromatic N) is 3. The molecular weight excluding hydrogens is 282 g/mol. The van der Waals surface area contributed by atoms with Crippen LogP contribution in [-0.4, -0.2) is 54.6 Å². The van der Waals surface area contributed by atoms with Crippen LogP contribution >= 0.6 is 11.6 Å². The molecule has 1 unspecified atom stereocenters. The molecule has 0 fully saturated rings. The third kappa shape index (κ3) is 3.84. The molecule has 1 rings (SSSR count). The van der Waals surface area contributed by atoms with Crippen molar-refractivity contribution in [2.75, 3.05) is 32.6 Å². The molecule has 0 saturated heterocycles. The first-order valence-corrected chi connectivity index (χ1v) is 6.43. The number of aliphatic carboxylic acids is 1. The smallest absolute Gasteiger partial charge is 0.308 e. The largest absolute Gasteiger partial charge is 0.481 e. The summed E-state index contributed by atoms with van der Waals surface area (Å²) in [6.45, 7) is 1.89. The lowest BCUT2D eigenvalue weighted by atomic mass is 10.2. The number of rotatable bonds is 5. The van der Waals surface area contributed by atoms with Crippen molar-refractivity contribution in [2.45, 2.75) is 6.92 Å². The number of carbonyl (C=O) groups is 2. The minimum absolute atomic E-state index is 0.187. The highest BCUT2D eigenvalue weighted by molar-refractivity contribution is 6.33. The van der Waals surface area contributed by atoms with Crippen LogP contribution in [-0.2, 0) is 4.79 Å². The SMILES string of the molecule is CC(CN(C)c1ncc(C(=O)N(C)C)cc1Cl)C(=O)O. The van der Waals surface area contributed by atoms with Gasteiger partial charge in [0.1, 0.15) is 5.82 Å². The summed E-state index contributed by atoms with van der Waals surface area (Å²) < 4.78 is 0. The average Bonchev–Trinajstić information content (AvgIpc) is 2.36. The first-order chi connectivity index (χ1) is 9.23. The van der Waals surface area contributed by atoms with Crippen molar-refractivity contribution in [1.29, 1.82) is 0 Å². The van der Waals surface area contributed by atoms with E-state index in [1.54, 1.807) is 33.0 Å². The normalized spacial score (nSPS) is 11.8. The van der Waals surface area contributed by atoms with Crippen molar-refractivity contribution in [3.63, 3.8) is 0 Å². The van der Waals surface area contributed by atoms with E-state index in [1.807, 2.05) is 0 Å². The number of aromatic nitrogens is 1. The lowest BCUT2D eigenvalue weighted by Gasteiger charge is -2.21. The second-order valence-corrected chi connectivity index (χ2v) is 5.26. The summed E-state index contributed by atoms with van der Waals surface area (Å²) in [5.74, 6) is -1.16. The van der Waals surface area contributed by atoms with Gasteiger partial charge in [0.05, 0.1) is 16.5 Å². The van der Waals surface area contributed by atoms with E-state index in [2.05, 4.69) is 4.98 Å². The molecule has 0 radical (unpaired) electrons. The Balaban J connectivity index is 2.93. The van der Waals surface area contributed by atoms with E-state index >= 15 is 0 Å². The van der Waals surface area contributed by atoms with Gasteiger partial charge in [-0.25, -0.2) is 4.98 Å². The van der Waals surface area contributed by atoms with Gasteiger partial charge in [0.25, 0.3) is 5.91 Å². The quantitative estimate of drug-likeness (QED) is 0.894. The summed E-state index contributed by atoms with van der Waals surface area (Å²) in [4.78, 5) is 29.9. The molecule has 1 heterocycles. The molecule has 110 valence electrons. The molecule has 7 heteroatoms. The number of carboxylic acids is 1. The molecule has 0 spiro atoms. The van der Waals surface area contributed by atoms with Crippen LogP contribution in [0.5, 0.6) is 0 Å². The van der Waals surface area contributed by atoms with E-state index in [0.29, 0.717) is 16.4 Å². The number of hydrogen-bond acceptors (Lipinski definition) is 4. The topological polar surface area (TPSA) is 73.7 Å². The van der Waals surface area contributed by atoms with Gasteiger partial charge in [-0.2, -0.15) is 0 Å². The maximum atomic E-state index is 11.8. The summed E-state index contributed by atoms with van der Waals surface area (Å²) in [6, 6.07) is 1.54. The number of carboxylic acid groups (broad SMARTS) is 1. The number of carbonyl (C=O) groups excluding carboxylic acids is 1. The molecule has 0 aromatic carbocycles. The van der Waals surface area contributed by atoms with Gasteiger partial charge in [0.2, 0.25) is 0 Å². The monoisotopic (exact) mass is 299 g/mol. The Morgan fingerprint density at radius 3 is 2.45 bits per heavy atom. The third-order valence-corrected chi connectivity index (χ3v) is 3.08. The average molecular weight is 300 g/mol. The Kier molecular flexibility index (Phi) is 5.33. The van der Waals surface area contributed by atoms with Crippen molar-refractivity contribution < 1.29 is 14.7 Å². The van der Waals surface area contributed by atoms with E-state index in [0.717, 1.165) is 0 Å². The van der Waals surface area contributed by atoms with E-state index in [4.69, 9.17) is 16.7 Å². The highest BCUT2D eigenvalue weighted by Gasteiger charge is 2.18. The van der Waals surface area contributed by atoms with Gasteiger partial charge in [-0.3, -0.25) is 9.59 Å². The van der Waals surface area contributed by atoms with Crippen LogP contribution in [0.4, 0.5) is 5.82 Å². The summed E-state index contributed by atoms with van der Waals surface area (Å²) in [5.41, 5.74) is 0.392. The zero-order valence-electron chi connectivity index (χ0n) is 11.9. The Bertz CT molecular complexity index is 520. The standard InChI is InChI=1S/C13H18ClN3O3/c1-8(13(19)20)7-17(4)11-10(14)5-9(6-15-11)12(18)16(2)3/h5-6,8H,7H2,1-4H3,(H,19,20). The fourth-order valence-electron chi connectivity index (χ4n) is 1.66. The van der Waals surface area contributed by atoms with Crippen molar-refractivity contribution in [1.82, 2.24) is 9.88 Å². The third-order valence-electron chi connectivity index (χ3n) is 2.81. The molecular formula is C13H18ClN3O3. The van der Waals surface area contributed by atoms with Crippen molar-refractivity contribution in [2.24, 2.45) is 5.92 Å². The first kappa shape index (κ1) is 16.2. The summed E-state index contributed by atoms with van der Waals surface area (Å²) in [5, 5.41) is 9.21. The summed E-state index contributed by atoms with van der Waals surface area (Å²) in [6.07, 6.45) is 1.44. The lowest BCUT2D eigenvalue weighted by Crippen LogP contribution is -2.29. The van der Waals surface area contributed by atoms with Crippen LogP contribution < -0.4 is 4.90 Å². The number of pyridine rings is 1. The van der Waals surface area contributed by atoms with Crippen LogP contribution in [0.2, 0.25) is 5.02 Å². The minimum atomic E-state index is -0.882. The number of anilines is 1. The fraction of sp³-hybridized carbons (Fsp3) is 0.462. The molecule has 0 aliphatic rings. The predicted molar refractivity (Wildman–Crippen MR) is 77.3 cm³/mol. The lowest BCUT2D eigenvalue weighted by molar-refractivity contribution is -0.140. The second-order valence-electron chi connectivity index (χ2n) is 4.85. The Morgan fingerprint density at radius 2 is 2.00 bits per heavy atom. The number of halogens is 1. The Labute approximate surface area is 123 Å². The molecule has 1 amide bonds. The van der Waals surface area contributed by atoms with Crippen molar-refractivity contribution in [3.05, 3.63) is 22.8 Å². The maximum absolute atomic E-state index is 11.8. The molecule has 20 heavy (non-hydrogen) atoms. The maximum Gasteiger partial charge on any atom is 0.308 e. The van der Waals surface area contributed by atoms with Gasteiger partial charge < -0.3 is 14.9 Å². The van der Waals surface area contributed by atoms with Gasteiger partial charge in [-0.1, -0.05) is 18.5 Å². The van der Waals surface area contributed by atoms with Crippen LogP contribution in [0.1, 0.15) is 17.3 Å². The summed E-state index contributed by atoms with van der Waals surface area (Å²) in [7, 11) is 5.00. The van der Waals surface area contributed by atoms with E-state index in [-0.39, 0.29) is 12.5 Å². The Hall–Kier alpha value is -1.82. The molecule has 1 aromatic heterocycles. The molecule has 6 nitrogen and oxygen atoms in total. The van der Waals surface area contributed by atoms with Crippen molar-refractivity contribution in [3.8, 4) is 0 Å². The highest BCUT2D eigenvalue weighted by atomic mass is 35.5. The number of amides is 1. The van der Waals surface area contributed by atoms with Gasteiger partial charge in [-0.05, 0) is 6.07 Å².